The Morgan fingerprint density at radius 3 is 2.58 bits per heavy atom. The first kappa shape index (κ1) is 18.0. The van der Waals surface area contributed by atoms with Crippen molar-refractivity contribution in [3.05, 3.63) is 30.1 Å². The molecule has 1 saturated carbocycles. The van der Waals surface area contributed by atoms with Crippen molar-refractivity contribution >= 4 is 10.8 Å². The number of rotatable bonds is 6. The minimum absolute atomic E-state index is 0.374. The maximum absolute atomic E-state index is 12.3. The molecule has 24 heavy (non-hydrogen) atoms. The van der Waals surface area contributed by atoms with Crippen LogP contribution < -0.4 is 5.32 Å². The van der Waals surface area contributed by atoms with E-state index >= 15 is 0 Å². The van der Waals surface area contributed by atoms with Gasteiger partial charge in [0.05, 0.1) is 5.25 Å². The molecule has 0 spiro atoms. The molecule has 0 aromatic carbocycles. The quantitative estimate of drug-likeness (QED) is 0.858. The van der Waals surface area contributed by atoms with E-state index in [1.165, 1.54) is 37.7 Å². The zero-order valence-electron chi connectivity index (χ0n) is 14.8. The van der Waals surface area contributed by atoms with Crippen LogP contribution in [0.4, 0.5) is 0 Å². The molecule has 1 aliphatic carbocycles. The standard InChI is InChI=1S/C19H31N3OS/c1-2-24(23)19-6-4-3-5-18(19)21-17-9-13-22(14-10-17)15-16-7-11-20-12-8-16/h7-8,11-12,17-19,21H,2-6,9-10,13-15H2,1H3/t18-,19-,24+/m1/s1. The molecule has 1 aromatic heterocycles. The van der Waals surface area contributed by atoms with Gasteiger partial charge in [-0.2, -0.15) is 0 Å². The molecule has 0 unspecified atom stereocenters. The molecule has 0 bridgehead atoms. The second-order valence-electron chi connectivity index (χ2n) is 7.17. The van der Waals surface area contributed by atoms with E-state index in [2.05, 4.69) is 34.3 Å². The second kappa shape index (κ2) is 9.07. The van der Waals surface area contributed by atoms with E-state index < -0.39 is 10.8 Å². The summed E-state index contributed by atoms with van der Waals surface area (Å²) in [5, 5.41) is 4.25. The van der Waals surface area contributed by atoms with Gasteiger partial charge in [0.1, 0.15) is 0 Å². The molecule has 2 heterocycles. The second-order valence-corrected chi connectivity index (χ2v) is 9.12. The van der Waals surface area contributed by atoms with Crippen molar-refractivity contribution in [3.8, 4) is 0 Å². The van der Waals surface area contributed by atoms with E-state index in [-0.39, 0.29) is 0 Å². The van der Waals surface area contributed by atoms with Crippen LogP contribution in [-0.4, -0.2) is 50.3 Å². The summed E-state index contributed by atoms with van der Waals surface area (Å²) >= 11 is 0. The van der Waals surface area contributed by atoms with E-state index in [0.717, 1.165) is 31.8 Å². The number of likely N-dealkylation sites (tertiary alicyclic amines) is 1. The number of nitrogens with zero attached hydrogens (tertiary/aromatic N) is 2. The Morgan fingerprint density at radius 2 is 1.88 bits per heavy atom. The van der Waals surface area contributed by atoms with E-state index in [1.54, 1.807) is 0 Å². The fourth-order valence-corrected chi connectivity index (χ4v) is 5.56. The molecule has 1 N–H and O–H groups in total. The van der Waals surface area contributed by atoms with Gasteiger partial charge in [0.2, 0.25) is 0 Å². The maximum atomic E-state index is 12.3. The molecule has 1 saturated heterocycles. The summed E-state index contributed by atoms with van der Waals surface area (Å²) in [6.07, 6.45) is 11.0. The highest BCUT2D eigenvalue weighted by Gasteiger charge is 2.31. The van der Waals surface area contributed by atoms with Crippen LogP contribution >= 0.6 is 0 Å². The number of pyridine rings is 1. The predicted molar refractivity (Wildman–Crippen MR) is 100 cm³/mol. The third-order valence-corrected chi connectivity index (χ3v) is 7.33. The van der Waals surface area contributed by atoms with Gasteiger partial charge in [0, 0.05) is 47.6 Å². The van der Waals surface area contributed by atoms with Gasteiger partial charge in [-0.05, 0) is 56.5 Å². The van der Waals surface area contributed by atoms with Crippen LogP contribution in [0, 0.1) is 0 Å². The van der Waals surface area contributed by atoms with Gasteiger partial charge in [0.15, 0.2) is 0 Å². The highest BCUT2D eigenvalue weighted by molar-refractivity contribution is 7.85. The van der Waals surface area contributed by atoms with Crippen LogP contribution in [0.5, 0.6) is 0 Å². The molecule has 2 aliphatic rings. The summed E-state index contributed by atoms with van der Waals surface area (Å²) in [6, 6.07) is 5.28. The summed E-state index contributed by atoms with van der Waals surface area (Å²) < 4.78 is 12.3. The SMILES string of the molecule is CC[S@](=O)[C@@H]1CCCC[C@H]1NC1CCN(Cc2ccncc2)CC1. The van der Waals surface area contributed by atoms with Crippen LogP contribution in [0.1, 0.15) is 51.0 Å². The first-order chi connectivity index (χ1) is 11.8. The molecule has 2 fully saturated rings. The molecular weight excluding hydrogens is 318 g/mol. The van der Waals surface area contributed by atoms with E-state index in [4.69, 9.17) is 0 Å². The average molecular weight is 350 g/mol. The Morgan fingerprint density at radius 1 is 1.17 bits per heavy atom. The van der Waals surface area contributed by atoms with Crippen molar-refractivity contribution in [3.63, 3.8) is 0 Å². The van der Waals surface area contributed by atoms with Crippen molar-refractivity contribution in [2.24, 2.45) is 0 Å². The van der Waals surface area contributed by atoms with Gasteiger partial charge in [-0.1, -0.05) is 19.8 Å². The number of aromatic nitrogens is 1. The predicted octanol–water partition coefficient (Wildman–Crippen LogP) is 2.72. The monoisotopic (exact) mass is 349 g/mol. The fourth-order valence-electron chi connectivity index (χ4n) is 4.12. The summed E-state index contributed by atoms with van der Waals surface area (Å²) in [6.45, 7) is 5.38. The van der Waals surface area contributed by atoms with E-state index in [9.17, 15) is 4.21 Å². The number of hydrogen-bond donors (Lipinski definition) is 1. The van der Waals surface area contributed by atoms with Gasteiger partial charge in [0.25, 0.3) is 0 Å². The number of nitrogens with one attached hydrogen (secondary N) is 1. The smallest absolute Gasteiger partial charge is 0.0501 e. The number of hydrogen-bond acceptors (Lipinski definition) is 4. The molecular formula is C19H31N3OS. The van der Waals surface area contributed by atoms with Gasteiger partial charge in [-0.3, -0.25) is 14.1 Å². The fraction of sp³-hybridized carbons (Fsp3) is 0.737. The highest BCUT2D eigenvalue weighted by Crippen LogP contribution is 2.25. The molecule has 5 heteroatoms. The Balaban J connectivity index is 1.47. The first-order valence-corrected chi connectivity index (χ1v) is 10.9. The topological polar surface area (TPSA) is 45.2 Å². The molecule has 0 amide bonds. The Hall–Kier alpha value is -0.780. The lowest BCUT2D eigenvalue weighted by Crippen LogP contribution is -2.52. The largest absolute Gasteiger partial charge is 0.310 e. The van der Waals surface area contributed by atoms with Gasteiger partial charge in [-0.15, -0.1) is 0 Å². The Labute approximate surface area is 148 Å². The first-order valence-electron chi connectivity index (χ1n) is 9.50. The van der Waals surface area contributed by atoms with Crippen LogP contribution in [0.3, 0.4) is 0 Å². The summed E-state index contributed by atoms with van der Waals surface area (Å²) in [5.74, 6) is 0.799. The maximum Gasteiger partial charge on any atom is 0.0501 e. The van der Waals surface area contributed by atoms with Gasteiger partial charge in [-0.25, -0.2) is 0 Å². The minimum Gasteiger partial charge on any atom is -0.310 e. The van der Waals surface area contributed by atoms with Crippen LogP contribution in [0.2, 0.25) is 0 Å². The van der Waals surface area contributed by atoms with Crippen LogP contribution in [0.25, 0.3) is 0 Å². The van der Waals surface area contributed by atoms with E-state index in [0.29, 0.717) is 17.3 Å². The van der Waals surface area contributed by atoms with Crippen molar-refractivity contribution in [1.82, 2.24) is 15.2 Å². The summed E-state index contributed by atoms with van der Waals surface area (Å²) in [4.78, 5) is 6.63. The highest BCUT2D eigenvalue weighted by atomic mass is 32.2. The number of piperidine rings is 1. The zero-order chi connectivity index (χ0) is 16.8. The molecule has 0 radical (unpaired) electrons. The van der Waals surface area contributed by atoms with Gasteiger partial charge < -0.3 is 5.32 Å². The lowest BCUT2D eigenvalue weighted by atomic mass is 9.93. The molecule has 3 atom stereocenters. The van der Waals surface area contributed by atoms with Gasteiger partial charge >= 0.3 is 0 Å². The lowest BCUT2D eigenvalue weighted by molar-refractivity contribution is 0.178. The van der Waals surface area contributed by atoms with Crippen molar-refractivity contribution < 1.29 is 4.21 Å². The molecule has 134 valence electrons. The Kier molecular flexibility index (Phi) is 6.81. The lowest BCUT2D eigenvalue weighted by Gasteiger charge is -2.38. The molecule has 1 aliphatic heterocycles. The Bertz CT molecular complexity index is 517. The molecule has 3 rings (SSSR count). The van der Waals surface area contributed by atoms with Crippen molar-refractivity contribution in [2.75, 3.05) is 18.8 Å². The van der Waals surface area contributed by atoms with Crippen LogP contribution in [0.15, 0.2) is 24.5 Å². The van der Waals surface area contributed by atoms with Crippen molar-refractivity contribution in [2.45, 2.75) is 69.3 Å². The van der Waals surface area contributed by atoms with E-state index in [1.807, 2.05) is 12.4 Å². The average Bonchev–Trinajstić information content (AvgIpc) is 2.64. The summed E-state index contributed by atoms with van der Waals surface area (Å²) in [7, 11) is -0.660. The molecule has 1 aromatic rings. The minimum atomic E-state index is -0.660. The zero-order valence-corrected chi connectivity index (χ0v) is 15.6. The summed E-state index contributed by atoms with van der Waals surface area (Å²) in [5.41, 5.74) is 1.35. The third-order valence-electron chi connectivity index (χ3n) is 5.52. The molecule has 4 nitrogen and oxygen atoms in total. The normalized spacial score (nSPS) is 27.9. The third kappa shape index (κ3) is 4.87. The van der Waals surface area contributed by atoms with Crippen LogP contribution in [-0.2, 0) is 17.3 Å². The van der Waals surface area contributed by atoms with Crippen molar-refractivity contribution in [1.29, 1.82) is 0 Å².